The van der Waals surface area contributed by atoms with Crippen molar-refractivity contribution in [3.05, 3.63) is 48.0 Å². The van der Waals surface area contributed by atoms with E-state index in [1.807, 2.05) is 18.5 Å². The zero-order chi connectivity index (χ0) is 19.8. The molecule has 5 rings (SSSR count). The molecule has 3 atom stereocenters. The molecule has 3 aromatic rings. The third-order valence-electron chi connectivity index (χ3n) is 6.53. The lowest BCUT2D eigenvalue weighted by atomic mass is 9.92. The van der Waals surface area contributed by atoms with Crippen LogP contribution in [0.4, 0.5) is 0 Å². The minimum atomic E-state index is 0. The number of nitrogens with zero attached hydrogens (tertiary/aromatic N) is 4. The Hall–Kier alpha value is -1.83. The number of fused-ring (bicyclic) bond motifs is 1. The summed E-state index contributed by atoms with van der Waals surface area (Å²) in [7, 11) is 1.98. The second kappa shape index (κ2) is 8.73. The molecule has 2 aromatic heterocycles. The standard InChI is InChI=1S/C22H27N5OS.ClH/c1-15-19(28-14-24-15)20-25-26-21(27(20)2)29-10-6-9-23-18-11-17-12-22(17,13-18)16-7-4-3-5-8-16;/h3-5,7-8,14,17-18,23H,6,9-13H2,1-2H3;1H. The van der Waals surface area contributed by atoms with Crippen LogP contribution in [0.25, 0.3) is 11.6 Å². The molecule has 0 amide bonds. The Morgan fingerprint density at radius 1 is 1.23 bits per heavy atom. The molecule has 8 heteroatoms. The summed E-state index contributed by atoms with van der Waals surface area (Å²) in [5.41, 5.74) is 2.86. The van der Waals surface area contributed by atoms with Crippen LogP contribution in [-0.4, -0.2) is 38.1 Å². The van der Waals surface area contributed by atoms with Crippen LogP contribution < -0.4 is 5.32 Å². The van der Waals surface area contributed by atoms with E-state index in [4.69, 9.17) is 4.42 Å². The lowest BCUT2D eigenvalue weighted by Crippen LogP contribution is -2.30. The smallest absolute Gasteiger partial charge is 0.202 e. The third-order valence-corrected chi connectivity index (χ3v) is 7.64. The van der Waals surface area contributed by atoms with E-state index in [-0.39, 0.29) is 12.4 Å². The highest BCUT2D eigenvalue weighted by molar-refractivity contribution is 7.99. The first-order valence-electron chi connectivity index (χ1n) is 10.4. The molecular weight excluding hydrogens is 418 g/mol. The van der Waals surface area contributed by atoms with E-state index < -0.39 is 0 Å². The SMILES string of the molecule is Cc1ncoc1-c1nnc(SCCCNC2CC3CC3(c3ccccc3)C2)n1C.Cl. The lowest BCUT2D eigenvalue weighted by Gasteiger charge is -2.18. The zero-order valence-corrected chi connectivity index (χ0v) is 19.0. The van der Waals surface area contributed by atoms with Crippen molar-refractivity contribution in [2.24, 2.45) is 13.0 Å². The van der Waals surface area contributed by atoms with Crippen LogP contribution in [0.5, 0.6) is 0 Å². The molecule has 6 nitrogen and oxygen atoms in total. The van der Waals surface area contributed by atoms with Crippen molar-refractivity contribution in [1.29, 1.82) is 0 Å². The summed E-state index contributed by atoms with van der Waals surface area (Å²) in [6.07, 6.45) is 6.56. The van der Waals surface area contributed by atoms with E-state index in [0.717, 1.165) is 41.3 Å². The van der Waals surface area contributed by atoms with Crippen molar-refractivity contribution in [3.8, 4) is 11.6 Å². The second-order valence-electron chi connectivity index (χ2n) is 8.35. The highest BCUT2D eigenvalue weighted by Gasteiger charge is 2.60. The van der Waals surface area contributed by atoms with Crippen LogP contribution in [0.2, 0.25) is 0 Å². The van der Waals surface area contributed by atoms with Crippen LogP contribution in [0, 0.1) is 12.8 Å². The maximum atomic E-state index is 5.44. The van der Waals surface area contributed by atoms with Gasteiger partial charge in [-0.3, -0.25) is 0 Å². The van der Waals surface area contributed by atoms with E-state index in [0.29, 0.717) is 17.2 Å². The number of hydrogen-bond acceptors (Lipinski definition) is 6. The minimum Gasteiger partial charge on any atom is -0.440 e. The Balaban J connectivity index is 0.00000218. The summed E-state index contributed by atoms with van der Waals surface area (Å²) in [6.45, 7) is 2.97. The Morgan fingerprint density at radius 2 is 2.07 bits per heavy atom. The van der Waals surface area contributed by atoms with Gasteiger partial charge in [0.15, 0.2) is 17.3 Å². The first kappa shape index (κ1) is 21.4. The van der Waals surface area contributed by atoms with E-state index in [2.05, 4.69) is 50.8 Å². The summed E-state index contributed by atoms with van der Waals surface area (Å²) in [5, 5.41) is 13.3. The topological polar surface area (TPSA) is 68.8 Å². The monoisotopic (exact) mass is 445 g/mol. The fourth-order valence-corrected chi connectivity index (χ4v) is 5.75. The predicted molar refractivity (Wildman–Crippen MR) is 121 cm³/mol. The van der Waals surface area contributed by atoms with E-state index in [1.165, 1.54) is 25.7 Å². The number of rotatable bonds is 8. The van der Waals surface area contributed by atoms with E-state index >= 15 is 0 Å². The lowest BCUT2D eigenvalue weighted by molar-refractivity contribution is 0.470. The quantitative estimate of drug-likeness (QED) is 0.409. The number of nitrogens with one attached hydrogen (secondary N) is 1. The Morgan fingerprint density at radius 3 is 2.83 bits per heavy atom. The van der Waals surface area contributed by atoms with Crippen molar-refractivity contribution in [3.63, 3.8) is 0 Å². The molecule has 1 N–H and O–H groups in total. The fraction of sp³-hybridized carbons (Fsp3) is 0.500. The van der Waals surface area contributed by atoms with Crippen LogP contribution in [0.3, 0.4) is 0 Å². The molecular formula is C22H28ClN5OS. The average molecular weight is 446 g/mol. The van der Waals surface area contributed by atoms with Crippen molar-refractivity contribution in [2.45, 2.75) is 49.2 Å². The van der Waals surface area contributed by atoms with Crippen LogP contribution in [-0.2, 0) is 12.5 Å². The summed E-state index contributed by atoms with van der Waals surface area (Å²) in [5.74, 6) is 3.33. The second-order valence-corrected chi connectivity index (χ2v) is 9.41. The van der Waals surface area contributed by atoms with Crippen LogP contribution in [0.1, 0.15) is 36.9 Å². The zero-order valence-electron chi connectivity index (χ0n) is 17.4. The van der Waals surface area contributed by atoms with E-state index in [1.54, 1.807) is 17.3 Å². The van der Waals surface area contributed by atoms with E-state index in [9.17, 15) is 0 Å². The molecule has 0 bridgehead atoms. The third kappa shape index (κ3) is 3.90. The maximum Gasteiger partial charge on any atom is 0.202 e. The Kier molecular flexibility index (Phi) is 6.23. The molecule has 3 unspecified atom stereocenters. The van der Waals surface area contributed by atoms with Gasteiger partial charge in [-0.1, -0.05) is 42.1 Å². The molecule has 0 spiro atoms. The molecule has 2 saturated carbocycles. The van der Waals surface area contributed by atoms with Crippen molar-refractivity contribution < 1.29 is 4.42 Å². The van der Waals surface area contributed by atoms with Gasteiger partial charge in [0.1, 0.15) is 0 Å². The molecule has 2 fully saturated rings. The van der Waals surface area contributed by atoms with Crippen molar-refractivity contribution in [2.75, 3.05) is 12.3 Å². The van der Waals surface area contributed by atoms with Gasteiger partial charge in [-0.2, -0.15) is 0 Å². The predicted octanol–water partition coefficient (Wildman–Crippen LogP) is 4.39. The van der Waals surface area contributed by atoms with Crippen LogP contribution >= 0.6 is 24.2 Å². The van der Waals surface area contributed by atoms with Gasteiger partial charge in [0.2, 0.25) is 5.82 Å². The summed E-state index contributed by atoms with van der Waals surface area (Å²) < 4.78 is 7.43. The first-order chi connectivity index (χ1) is 14.2. The molecule has 160 valence electrons. The molecule has 2 aliphatic carbocycles. The number of thioether (sulfide) groups is 1. The van der Waals surface area contributed by atoms with Crippen molar-refractivity contribution >= 4 is 24.2 Å². The fourth-order valence-electron chi connectivity index (χ4n) is 4.90. The molecule has 0 saturated heterocycles. The number of aryl methyl sites for hydroxylation is 1. The minimum absolute atomic E-state index is 0. The van der Waals surface area contributed by atoms with Gasteiger partial charge in [0, 0.05) is 18.8 Å². The van der Waals surface area contributed by atoms with Gasteiger partial charge in [-0.15, -0.1) is 22.6 Å². The van der Waals surface area contributed by atoms with Gasteiger partial charge >= 0.3 is 0 Å². The summed E-state index contributed by atoms with van der Waals surface area (Å²) in [6, 6.07) is 11.8. The van der Waals surface area contributed by atoms with Gasteiger partial charge in [-0.25, -0.2) is 4.98 Å². The summed E-state index contributed by atoms with van der Waals surface area (Å²) in [4.78, 5) is 4.14. The van der Waals surface area contributed by atoms with Crippen LogP contribution in [0.15, 0.2) is 46.3 Å². The Labute approximate surface area is 187 Å². The highest BCUT2D eigenvalue weighted by Crippen LogP contribution is 2.64. The summed E-state index contributed by atoms with van der Waals surface area (Å²) >= 11 is 1.75. The normalized spacial score (nSPS) is 24.5. The number of halogens is 1. The molecule has 30 heavy (non-hydrogen) atoms. The van der Waals surface area contributed by atoms with Gasteiger partial charge in [0.25, 0.3) is 0 Å². The average Bonchev–Trinajstić information content (AvgIpc) is 3.03. The first-order valence-corrected chi connectivity index (χ1v) is 11.4. The number of benzene rings is 1. The van der Waals surface area contributed by atoms with Gasteiger partial charge in [0.05, 0.1) is 5.69 Å². The van der Waals surface area contributed by atoms with Gasteiger partial charge in [-0.05, 0) is 56.0 Å². The Bertz CT molecular complexity index is 991. The highest BCUT2D eigenvalue weighted by atomic mass is 35.5. The molecule has 0 radical (unpaired) electrons. The largest absolute Gasteiger partial charge is 0.440 e. The van der Waals surface area contributed by atoms with Gasteiger partial charge < -0.3 is 14.3 Å². The number of hydrogen-bond donors (Lipinski definition) is 1. The van der Waals surface area contributed by atoms with Crippen molar-refractivity contribution in [1.82, 2.24) is 25.1 Å². The molecule has 2 heterocycles. The molecule has 0 aliphatic heterocycles. The number of aromatic nitrogens is 4. The maximum absolute atomic E-state index is 5.44. The molecule has 1 aromatic carbocycles. The number of oxazole rings is 1. The molecule has 2 aliphatic rings.